The zero-order valence-corrected chi connectivity index (χ0v) is 16.4. The van der Waals surface area contributed by atoms with Crippen LogP contribution in [-0.2, 0) is 4.74 Å². The number of nitrogens with zero attached hydrogens (tertiary/aromatic N) is 1. The molecular weight excluding hydrogens is 290 g/mol. The van der Waals surface area contributed by atoms with Gasteiger partial charge >= 0.3 is 6.09 Å². The molecule has 0 heterocycles. The van der Waals surface area contributed by atoms with Crippen molar-refractivity contribution in [3.05, 3.63) is 12.7 Å². The van der Waals surface area contributed by atoms with Crippen LogP contribution in [0.4, 0.5) is 4.79 Å². The average molecular weight is 324 g/mol. The van der Waals surface area contributed by atoms with Crippen LogP contribution in [-0.4, -0.2) is 32.7 Å². The molecule has 22 heavy (non-hydrogen) atoms. The summed E-state index contributed by atoms with van der Waals surface area (Å²) in [5.41, 5.74) is 5.21. The average Bonchev–Trinajstić information content (AvgIpc) is 2.44. The second kappa shape index (κ2) is 9.73. The number of carbonyl (C=O) groups excluding carboxylic acids is 1. The highest BCUT2D eigenvalue weighted by molar-refractivity contribution is 6.90. The standard InChI is InChI=1S/C18H33NO2Si/c1-9-10-11-12-19(18(20)21-8)13-14-22(15(2)3,16(4)5)17(6)7/h9,15-17H,1,10-12H2,2-8H3. The number of ether oxygens (including phenoxy) is 1. The number of allylic oxidation sites excluding steroid dienone is 1. The summed E-state index contributed by atoms with van der Waals surface area (Å²) in [4.78, 5) is 13.4. The largest absolute Gasteiger partial charge is 0.452 e. The van der Waals surface area contributed by atoms with E-state index in [1.807, 2.05) is 6.08 Å². The van der Waals surface area contributed by atoms with Crippen molar-refractivity contribution in [2.75, 3.05) is 13.7 Å². The molecule has 0 aliphatic rings. The summed E-state index contributed by atoms with van der Waals surface area (Å²) in [6.07, 6.45) is 3.22. The Morgan fingerprint density at radius 3 is 2.05 bits per heavy atom. The van der Waals surface area contributed by atoms with Crippen LogP contribution in [0.25, 0.3) is 0 Å². The Bertz CT molecular complexity index is 397. The number of amides is 1. The number of methoxy groups -OCH3 is 1. The Balaban J connectivity index is 5.50. The minimum Gasteiger partial charge on any atom is -0.452 e. The third-order valence-corrected chi connectivity index (χ3v) is 10.7. The van der Waals surface area contributed by atoms with E-state index in [9.17, 15) is 4.79 Å². The molecule has 1 amide bonds. The quantitative estimate of drug-likeness (QED) is 0.212. The van der Waals surface area contributed by atoms with Crippen LogP contribution in [0, 0.1) is 11.6 Å². The van der Waals surface area contributed by atoms with Gasteiger partial charge in [-0.25, -0.2) is 9.69 Å². The van der Waals surface area contributed by atoms with Gasteiger partial charge < -0.3 is 4.74 Å². The highest BCUT2D eigenvalue weighted by atomic mass is 28.3. The van der Waals surface area contributed by atoms with Gasteiger partial charge in [0.1, 0.15) is 8.07 Å². The number of hydrogen-bond donors (Lipinski definition) is 0. The molecule has 0 aliphatic heterocycles. The predicted molar refractivity (Wildman–Crippen MR) is 97.4 cm³/mol. The third-order valence-electron chi connectivity index (χ3n) is 4.46. The van der Waals surface area contributed by atoms with E-state index in [1.54, 1.807) is 0 Å². The molecule has 0 aromatic heterocycles. The molecule has 3 nitrogen and oxygen atoms in total. The number of carbonyl (C=O) groups is 1. The van der Waals surface area contributed by atoms with E-state index < -0.39 is 8.07 Å². The lowest BCUT2D eigenvalue weighted by atomic mass is 10.3. The first-order valence-electron chi connectivity index (χ1n) is 8.23. The lowest BCUT2D eigenvalue weighted by Gasteiger charge is -2.38. The van der Waals surface area contributed by atoms with Crippen LogP contribution in [0.15, 0.2) is 12.7 Å². The highest BCUT2D eigenvalue weighted by Gasteiger charge is 2.42. The molecule has 0 saturated heterocycles. The third kappa shape index (κ3) is 5.21. The van der Waals surface area contributed by atoms with Gasteiger partial charge in [0.15, 0.2) is 0 Å². The van der Waals surface area contributed by atoms with Crippen LogP contribution in [0.3, 0.4) is 0 Å². The Kier molecular flexibility index (Phi) is 9.20. The van der Waals surface area contributed by atoms with E-state index in [4.69, 9.17) is 4.74 Å². The number of unbranched alkanes of at least 4 members (excludes halogenated alkanes) is 1. The normalized spacial score (nSPS) is 11.4. The summed E-state index contributed by atoms with van der Waals surface area (Å²) in [5.74, 6) is 0. The van der Waals surface area contributed by atoms with Gasteiger partial charge in [0.05, 0.1) is 7.11 Å². The van der Waals surface area contributed by atoms with E-state index in [1.165, 1.54) is 12.0 Å². The number of hydrogen-bond acceptors (Lipinski definition) is 2. The maximum absolute atomic E-state index is 11.9. The van der Waals surface area contributed by atoms with Crippen LogP contribution in [0.5, 0.6) is 0 Å². The lowest BCUT2D eigenvalue weighted by Crippen LogP contribution is -2.44. The van der Waals surface area contributed by atoms with Crippen molar-refractivity contribution in [2.24, 2.45) is 0 Å². The molecule has 0 aromatic carbocycles. The van der Waals surface area contributed by atoms with Crippen LogP contribution in [0.1, 0.15) is 54.4 Å². The molecule has 4 heteroatoms. The summed E-state index contributed by atoms with van der Waals surface area (Å²) in [6.45, 7) is 17.9. The molecule has 0 bridgehead atoms. The maximum atomic E-state index is 11.9. The molecule has 0 aliphatic carbocycles. The fraction of sp³-hybridized carbons (Fsp3) is 0.722. The minimum absolute atomic E-state index is 0.365. The molecule has 0 atom stereocenters. The predicted octanol–water partition coefficient (Wildman–Crippen LogP) is 5.20. The Hall–Kier alpha value is -1.21. The van der Waals surface area contributed by atoms with Crippen LogP contribution < -0.4 is 0 Å². The fourth-order valence-electron chi connectivity index (χ4n) is 3.29. The van der Waals surface area contributed by atoms with Crippen LogP contribution >= 0.6 is 0 Å². The van der Waals surface area contributed by atoms with E-state index in [0.717, 1.165) is 12.8 Å². The van der Waals surface area contributed by atoms with Crippen molar-refractivity contribution < 1.29 is 9.53 Å². The smallest absolute Gasteiger partial charge is 0.421 e. The molecule has 0 fully saturated rings. The van der Waals surface area contributed by atoms with Gasteiger partial charge in [-0.15, -0.1) is 12.1 Å². The first kappa shape index (κ1) is 20.8. The molecular formula is C18H33NO2Si. The molecule has 0 saturated carbocycles. The Morgan fingerprint density at radius 1 is 1.18 bits per heavy atom. The highest BCUT2D eigenvalue weighted by Crippen LogP contribution is 2.40. The lowest BCUT2D eigenvalue weighted by molar-refractivity contribution is 0.142. The second-order valence-electron chi connectivity index (χ2n) is 6.69. The molecule has 0 radical (unpaired) electrons. The first-order valence-corrected chi connectivity index (χ1v) is 10.5. The zero-order valence-electron chi connectivity index (χ0n) is 15.4. The van der Waals surface area contributed by atoms with Gasteiger partial charge in [0, 0.05) is 12.6 Å². The van der Waals surface area contributed by atoms with E-state index in [2.05, 4.69) is 59.7 Å². The van der Waals surface area contributed by atoms with Crippen LogP contribution in [0.2, 0.25) is 16.6 Å². The maximum Gasteiger partial charge on any atom is 0.421 e. The molecule has 0 unspecified atom stereocenters. The SMILES string of the molecule is C=CCCCN(C#C[Si](C(C)C)(C(C)C)C(C)C)C(=O)OC. The second-order valence-corrected chi connectivity index (χ2v) is 12.3. The molecule has 0 spiro atoms. The first-order chi connectivity index (χ1) is 10.2. The monoisotopic (exact) mass is 323 g/mol. The summed E-state index contributed by atoms with van der Waals surface area (Å²) in [6, 6.07) is 3.15. The van der Waals surface area contributed by atoms with E-state index in [-0.39, 0.29) is 6.09 Å². The Morgan fingerprint density at radius 2 is 1.68 bits per heavy atom. The summed E-state index contributed by atoms with van der Waals surface area (Å²) in [5, 5.41) is 0. The Labute approximate surface area is 138 Å². The summed E-state index contributed by atoms with van der Waals surface area (Å²) < 4.78 is 4.86. The summed E-state index contributed by atoms with van der Waals surface area (Å²) >= 11 is 0. The molecule has 0 aromatic rings. The van der Waals surface area contributed by atoms with Crippen molar-refractivity contribution in [1.29, 1.82) is 0 Å². The minimum atomic E-state index is -1.83. The molecule has 0 rings (SSSR count). The van der Waals surface area contributed by atoms with E-state index >= 15 is 0 Å². The van der Waals surface area contributed by atoms with Gasteiger partial charge in [-0.1, -0.05) is 47.6 Å². The molecule has 0 N–H and O–H groups in total. The van der Waals surface area contributed by atoms with Crippen molar-refractivity contribution in [3.63, 3.8) is 0 Å². The van der Waals surface area contributed by atoms with Gasteiger partial charge in [-0.3, -0.25) is 0 Å². The zero-order chi connectivity index (χ0) is 17.3. The van der Waals surface area contributed by atoms with E-state index in [0.29, 0.717) is 23.2 Å². The van der Waals surface area contributed by atoms with Gasteiger partial charge in [0.25, 0.3) is 0 Å². The van der Waals surface area contributed by atoms with Gasteiger partial charge in [0.2, 0.25) is 0 Å². The molecule has 126 valence electrons. The van der Waals surface area contributed by atoms with Crippen molar-refractivity contribution in [3.8, 4) is 11.6 Å². The van der Waals surface area contributed by atoms with Gasteiger partial charge in [-0.05, 0) is 29.5 Å². The van der Waals surface area contributed by atoms with Crippen molar-refractivity contribution in [1.82, 2.24) is 4.90 Å². The van der Waals surface area contributed by atoms with Crippen molar-refractivity contribution in [2.45, 2.75) is 71.0 Å². The summed E-state index contributed by atoms with van der Waals surface area (Å²) in [7, 11) is -0.422. The topological polar surface area (TPSA) is 29.5 Å². The fourth-order valence-corrected chi connectivity index (χ4v) is 8.49. The van der Waals surface area contributed by atoms with Gasteiger partial charge in [-0.2, -0.15) is 0 Å². The number of rotatable bonds is 7. The van der Waals surface area contributed by atoms with Crippen molar-refractivity contribution >= 4 is 14.2 Å².